The smallest absolute Gasteiger partial charge is 0.206 e. The zero-order valence-electron chi connectivity index (χ0n) is 18.0. The average Bonchev–Trinajstić information content (AvgIpc) is 2.67. The van der Waals surface area contributed by atoms with E-state index in [4.69, 9.17) is 0 Å². The molecule has 0 saturated heterocycles. The zero-order chi connectivity index (χ0) is 21.0. The van der Waals surface area contributed by atoms with E-state index in [0.717, 1.165) is 55.6 Å². The summed E-state index contributed by atoms with van der Waals surface area (Å²) in [5.41, 5.74) is -0.559. The highest BCUT2D eigenvalue weighted by atomic mass is 19.3. The first-order chi connectivity index (χ1) is 13.8. The van der Waals surface area contributed by atoms with Crippen molar-refractivity contribution in [2.24, 2.45) is 17.8 Å². The maximum Gasteiger partial charge on any atom is 0.276 e. The molecule has 1 aromatic rings. The van der Waals surface area contributed by atoms with Crippen LogP contribution in [0.5, 0.6) is 0 Å². The minimum atomic E-state index is -3.50. The second-order valence-electron chi connectivity index (χ2n) is 9.64. The summed E-state index contributed by atoms with van der Waals surface area (Å²) in [7, 11) is 0. The molecule has 0 unspecified atom stereocenters. The number of rotatable bonds is 7. The van der Waals surface area contributed by atoms with Gasteiger partial charge in [0.1, 0.15) is 11.6 Å². The molecule has 0 bridgehead atoms. The Kier molecular flexibility index (Phi) is 7.67. The third kappa shape index (κ3) is 5.76. The molecule has 4 heteroatoms. The van der Waals surface area contributed by atoms with Gasteiger partial charge in [0.25, 0.3) is 5.92 Å². The topological polar surface area (TPSA) is 0 Å². The van der Waals surface area contributed by atoms with Crippen LogP contribution in [-0.2, 0) is 5.92 Å². The van der Waals surface area contributed by atoms with Crippen LogP contribution >= 0.6 is 0 Å². The van der Waals surface area contributed by atoms with E-state index in [2.05, 4.69) is 6.92 Å². The molecule has 0 radical (unpaired) electrons. The minimum Gasteiger partial charge on any atom is -0.206 e. The van der Waals surface area contributed by atoms with E-state index >= 15 is 0 Å². The van der Waals surface area contributed by atoms with Crippen LogP contribution in [0.4, 0.5) is 17.6 Å². The predicted octanol–water partition coefficient (Wildman–Crippen LogP) is 8.74. The zero-order valence-corrected chi connectivity index (χ0v) is 18.0. The summed E-state index contributed by atoms with van der Waals surface area (Å²) >= 11 is 0. The molecule has 29 heavy (non-hydrogen) atoms. The minimum absolute atomic E-state index is 0.0835. The average molecular weight is 413 g/mol. The predicted molar refractivity (Wildman–Crippen MR) is 110 cm³/mol. The van der Waals surface area contributed by atoms with E-state index in [-0.39, 0.29) is 5.92 Å². The van der Waals surface area contributed by atoms with Crippen LogP contribution in [-0.4, -0.2) is 0 Å². The van der Waals surface area contributed by atoms with Crippen molar-refractivity contribution in [3.05, 3.63) is 34.9 Å². The van der Waals surface area contributed by atoms with Crippen LogP contribution in [0.25, 0.3) is 0 Å². The molecule has 3 rings (SSSR count). The SMILES string of the molecule is CCCCCC1CCC(C2CCC(c3cc(F)c(C(C)(F)F)c(F)c3)CC2)CC1. The Hall–Kier alpha value is -1.06. The third-order valence-corrected chi connectivity index (χ3v) is 7.52. The second kappa shape index (κ2) is 9.83. The van der Waals surface area contributed by atoms with Gasteiger partial charge in [-0.15, -0.1) is 0 Å². The van der Waals surface area contributed by atoms with Crippen LogP contribution < -0.4 is 0 Å². The fraction of sp³-hybridized carbons (Fsp3) is 0.760. The van der Waals surface area contributed by atoms with Crippen LogP contribution in [0.1, 0.15) is 108 Å². The van der Waals surface area contributed by atoms with Crippen molar-refractivity contribution in [3.63, 3.8) is 0 Å². The molecular formula is C25H36F4. The molecule has 164 valence electrons. The van der Waals surface area contributed by atoms with Crippen LogP contribution in [0.15, 0.2) is 12.1 Å². The highest BCUT2D eigenvalue weighted by Crippen LogP contribution is 2.45. The van der Waals surface area contributed by atoms with E-state index in [1.54, 1.807) is 0 Å². The van der Waals surface area contributed by atoms with Crippen molar-refractivity contribution in [2.75, 3.05) is 0 Å². The van der Waals surface area contributed by atoms with Gasteiger partial charge in [0, 0.05) is 6.92 Å². The van der Waals surface area contributed by atoms with Crippen molar-refractivity contribution in [3.8, 4) is 0 Å². The molecule has 0 spiro atoms. The Balaban J connectivity index is 1.51. The summed E-state index contributed by atoms with van der Waals surface area (Å²) in [6.07, 6.45) is 14.8. The quantitative estimate of drug-likeness (QED) is 0.310. The van der Waals surface area contributed by atoms with Crippen molar-refractivity contribution >= 4 is 0 Å². The third-order valence-electron chi connectivity index (χ3n) is 7.52. The Morgan fingerprint density at radius 2 is 1.34 bits per heavy atom. The Labute approximate surface area is 173 Å². The van der Waals surface area contributed by atoms with Crippen LogP contribution in [0, 0.1) is 29.4 Å². The maximum absolute atomic E-state index is 14.2. The molecule has 1 aromatic carbocycles. The summed E-state index contributed by atoms with van der Waals surface area (Å²) in [5, 5.41) is 0. The molecule has 0 aromatic heterocycles. The normalized spacial score (nSPS) is 28.5. The largest absolute Gasteiger partial charge is 0.276 e. The fourth-order valence-electron chi connectivity index (χ4n) is 5.80. The second-order valence-corrected chi connectivity index (χ2v) is 9.64. The van der Waals surface area contributed by atoms with Gasteiger partial charge in [-0.1, -0.05) is 45.4 Å². The molecular weight excluding hydrogens is 376 g/mol. The van der Waals surface area contributed by atoms with Gasteiger partial charge in [0.2, 0.25) is 0 Å². The number of hydrogen-bond acceptors (Lipinski definition) is 0. The summed E-state index contributed by atoms with van der Waals surface area (Å²) in [6, 6.07) is 2.28. The van der Waals surface area contributed by atoms with Gasteiger partial charge >= 0.3 is 0 Å². The molecule has 2 aliphatic carbocycles. The summed E-state index contributed by atoms with van der Waals surface area (Å²) < 4.78 is 55.2. The Morgan fingerprint density at radius 1 is 0.828 bits per heavy atom. The molecule has 2 aliphatic rings. The van der Waals surface area contributed by atoms with Gasteiger partial charge in [-0.3, -0.25) is 0 Å². The van der Waals surface area contributed by atoms with Crippen LogP contribution in [0.2, 0.25) is 0 Å². The monoisotopic (exact) mass is 412 g/mol. The van der Waals surface area contributed by atoms with Gasteiger partial charge in [-0.2, -0.15) is 0 Å². The lowest BCUT2D eigenvalue weighted by atomic mass is 9.68. The van der Waals surface area contributed by atoms with Crippen LogP contribution in [0.3, 0.4) is 0 Å². The van der Waals surface area contributed by atoms with Gasteiger partial charge in [0.15, 0.2) is 0 Å². The molecule has 0 amide bonds. The van der Waals surface area contributed by atoms with E-state index in [0.29, 0.717) is 12.5 Å². The molecule has 0 nitrogen and oxygen atoms in total. The molecule has 0 aliphatic heterocycles. The molecule has 0 N–H and O–H groups in total. The van der Waals surface area contributed by atoms with E-state index < -0.39 is 23.1 Å². The van der Waals surface area contributed by atoms with Crippen molar-refractivity contribution < 1.29 is 17.6 Å². The first-order valence-corrected chi connectivity index (χ1v) is 11.7. The van der Waals surface area contributed by atoms with Crippen molar-refractivity contribution in [1.82, 2.24) is 0 Å². The summed E-state index contributed by atoms with van der Waals surface area (Å²) in [4.78, 5) is 0. The van der Waals surface area contributed by atoms with Gasteiger partial charge in [-0.05, 0) is 79.9 Å². The highest BCUT2D eigenvalue weighted by molar-refractivity contribution is 5.31. The molecule has 2 fully saturated rings. The summed E-state index contributed by atoms with van der Waals surface area (Å²) in [6.45, 7) is 2.79. The van der Waals surface area contributed by atoms with Gasteiger partial charge < -0.3 is 0 Å². The van der Waals surface area contributed by atoms with E-state index in [1.807, 2.05) is 0 Å². The fourth-order valence-corrected chi connectivity index (χ4v) is 5.80. The molecule has 0 atom stereocenters. The highest BCUT2D eigenvalue weighted by Gasteiger charge is 2.35. The standard InChI is InChI=1S/C25H36F4/c1-3-4-5-6-17-7-9-18(10-8-17)19-11-13-20(14-12-19)21-15-22(26)24(23(27)16-21)25(2,28)29/h15-20H,3-14H2,1-2H3. The number of benzene rings is 1. The lowest BCUT2D eigenvalue weighted by molar-refractivity contribution is 0.00977. The Morgan fingerprint density at radius 3 is 1.83 bits per heavy atom. The number of hydrogen-bond donors (Lipinski definition) is 0. The van der Waals surface area contributed by atoms with Gasteiger partial charge in [0.05, 0.1) is 5.56 Å². The van der Waals surface area contributed by atoms with Crippen molar-refractivity contribution in [2.45, 2.75) is 103 Å². The van der Waals surface area contributed by atoms with Gasteiger partial charge in [-0.25, -0.2) is 17.6 Å². The first-order valence-electron chi connectivity index (χ1n) is 11.7. The van der Waals surface area contributed by atoms with E-state index in [1.165, 1.54) is 51.4 Å². The number of unbranched alkanes of at least 4 members (excludes halogenated alkanes) is 2. The Bertz CT molecular complexity index is 624. The van der Waals surface area contributed by atoms with Crippen molar-refractivity contribution in [1.29, 1.82) is 0 Å². The van der Waals surface area contributed by atoms with E-state index in [9.17, 15) is 17.6 Å². The first kappa shape index (κ1) is 22.6. The molecule has 0 heterocycles. The number of halogens is 4. The lowest BCUT2D eigenvalue weighted by Gasteiger charge is -2.38. The molecule has 2 saturated carbocycles. The lowest BCUT2D eigenvalue weighted by Crippen LogP contribution is -2.25. The summed E-state index contributed by atoms with van der Waals surface area (Å²) in [5.74, 6) is -3.22. The maximum atomic E-state index is 14.2. The number of alkyl halides is 2.